The van der Waals surface area contributed by atoms with Gasteiger partial charge in [0.1, 0.15) is 6.33 Å². The van der Waals surface area contributed by atoms with E-state index in [1.54, 1.807) is 30.2 Å². The van der Waals surface area contributed by atoms with E-state index in [2.05, 4.69) is 15.2 Å². The molecule has 92 valence electrons. The summed E-state index contributed by atoms with van der Waals surface area (Å²) in [6.07, 6.45) is 5.09. The van der Waals surface area contributed by atoms with Gasteiger partial charge in [-0.05, 0) is 0 Å². The molecular weight excluding hydrogens is 222 g/mol. The van der Waals surface area contributed by atoms with Crippen molar-refractivity contribution in [3.8, 4) is 0 Å². The standard InChI is InChI=1S/C10H15N5O2/c1-17-7-5-14(4-6-16)9-10-13-12-8-15(10)3-2-11-9/h2-3,8,16H,4-7H2,1H3. The van der Waals surface area contributed by atoms with Crippen molar-refractivity contribution in [2.24, 2.45) is 0 Å². The lowest BCUT2D eigenvalue weighted by Gasteiger charge is -2.22. The molecule has 0 fully saturated rings. The highest BCUT2D eigenvalue weighted by Gasteiger charge is 2.12. The molecule has 2 rings (SSSR count). The minimum Gasteiger partial charge on any atom is -0.395 e. The van der Waals surface area contributed by atoms with Gasteiger partial charge in [-0.3, -0.25) is 4.40 Å². The molecule has 7 nitrogen and oxygen atoms in total. The third-order valence-electron chi connectivity index (χ3n) is 2.43. The second-order valence-electron chi connectivity index (χ2n) is 3.52. The van der Waals surface area contributed by atoms with Gasteiger partial charge < -0.3 is 14.7 Å². The summed E-state index contributed by atoms with van der Waals surface area (Å²) in [5, 5.41) is 16.9. The zero-order chi connectivity index (χ0) is 12.1. The molecule has 0 radical (unpaired) electrons. The second kappa shape index (κ2) is 5.55. The topological polar surface area (TPSA) is 75.8 Å². The fourth-order valence-electron chi connectivity index (χ4n) is 1.61. The first-order chi connectivity index (χ1) is 8.36. The Balaban J connectivity index is 2.30. The molecule has 0 atom stereocenters. The summed E-state index contributed by atoms with van der Waals surface area (Å²) in [6, 6.07) is 0. The van der Waals surface area contributed by atoms with Crippen LogP contribution in [0.2, 0.25) is 0 Å². The summed E-state index contributed by atoms with van der Waals surface area (Å²) >= 11 is 0. The van der Waals surface area contributed by atoms with Gasteiger partial charge in [0, 0.05) is 32.6 Å². The van der Waals surface area contributed by atoms with Crippen molar-refractivity contribution in [3.05, 3.63) is 18.7 Å². The third kappa shape index (κ3) is 2.51. The Bertz CT molecular complexity index is 472. The summed E-state index contributed by atoms with van der Waals surface area (Å²) in [5.74, 6) is 0.705. The maximum Gasteiger partial charge on any atom is 0.203 e. The lowest BCUT2D eigenvalue weighted by atomic mass is 10.4. The second-order valence-corrected chi connectivity index (χ2v) is 3.52. The molecule has 17 heavy (non-hydrogen) atoms. The molecule has 7 heteroatoms. The first-order valence-corrected chi connectivity index (χ1v) is 5.36. The van der Waals surface area contributed by atoms with Gasteiger partial charge >= 0.3 is 0 Å². The minimum absolute atomic E-state index is 0.0561. The summed E-state index contributed by atoms with van der Waals surface area (Å²) < 4.78 is 6.83. The number of methoxy groups -OCH3 is 1. The number of rotatable bonds is 6. The van der Waals surface area contributed by atoms with Crippen molar-refractivity contribution >= 4 is 11.5 Å². The number of aromatic nitrogens is 4. The van der Waals surface area contributed by atoms with Gasteiger partial charge in [-0.25, -0.2) is 4.98 Å². The lowest BCUT2D eigenvalue weighted by molar-refractivity contribution is 0.202. The van der Waals surface area contributed by atoms with Crippen molar-refractivity contribution in [1.82, 2.24) is 19.6 Å². The van der Waals surface area contributed by atoms with Crippen molar-refractivity contribution in [2.75, 3.05) is 38.3 Å². The van der Waals surface area contributed by atoms with Crippen LogP contribution in [-0.2, 0) is 4.74 Å². The number of anilines is 1. The molecule has 0 aliphatic rings. The molecule has 0 aliphatic heterocycles. The van der Waals surface area contributed by atoms with E-state index in [0.717, 1.165) is 0 Å². The van der Waals surface area contributed by atoms with Gasteiger partial charge in [0.2, 0.25) is 5.65 Å². The third-order valence-corrected chi connectivity index (χ3v) is 2.43. The first-order valence-electron chi connectivity index (χ1n) is 5.36. The maximum atomic E-state index is 9.07. The fraction of sp³-hybridized carbons (Fsp3) is 0.500. The van der Waals surface area contributed by atoms with E-state index in [4.69, 9.17) is 9.84 Å². The average Bonchev–Trinajstić information content (AvgIpc) is 2.82. The minimum atomic E-state index is 0.0561. The number of hydrogen-bond donors (Lipinski definition) is 1. The van der Waals surface area contributed by atoms with Gasteiger partial charge in [0.05, 0.1) is 13.2 Å². The molecule has 2 heterocycles. The van der Waals surface area contributed by atoms with Crippen LogP contribution in [0, 0.1) is 0 Å². The first kappa shape index (κ1) is 11.7. The van der Waals surface area contributed by atoms with Crippen LogP contribution in [0.1, 0.15) is 0 Å². The highest BCUT2D eigenvalue weighted by molar-refractivity contribution is 5.63. The molecule has 2 aromatic rings. The molecule has 0 bridgehead atoms. The Morgan fingerprint density at radius 1 is 1.47 bits per heavy atom. The zero-order valence-electron chi connectivity index (χ0n) is 9.65. The number of fused-ring (bicyclic) bond motifs is 1. The summed E-state index contributed by atoms with van der Waals surface area (Å²) in [4.78, 5) is 6.21. The number of aliphatic hydroxyl groups is 1. The van der Waals surface area contributed by atoms with Gasteiger partial charge in [-0.2, -0.15) is 0 Å². The Morgan fingerprint density at radius 3 is 3.12 bits per heavy atom. The van der Waals surface area contributed by atoms with Crippen LogP contribution < -0.4 is 4.90 Å². The van der Waals surface area contributed by atoms with E-state index in [0.29, 0.717) is 31.2 Å². The molecule has 0 amide bonds. The van der Waals surface area contributed by atoms with Crippen LogP contribution in [-0.4, -0.2) is 58.1 Å². The van der Waals surface area contributed by atoms with Crippen LogP contribution in [0.15, 0.2) is 18.7 Å². The van der Waals surface area contributed by atoms with E-state index in [9.17, 15) is 0 Å². The highest BCUT2D eigenvalue weighted by Crippen LogP contribution is 2.15. The average molecular weight is 237 g/mol. The molecule has 2 aromatic heterocycles. The molecule has 0 aromatic carbocycles. The quantitative estimate of drug-likeness (QED) is 0.734. The Kier molecular flexibility index (Phi) is 3.84. The van der Waals surface area contributed by atoms with E-state index >= 15 is 0 Å². The maximum absolute atomic E-state index is 9.07. The monoisotopic (exact) mass is 237 g/mol. The number of hydrogen-bond acceptors (Lipinski definition) is 6. The van der Waals surface area contributed by atoms with Gasteiger partial charge in [-0.1, -0.05) is 0 Å². The molecule has 0 unspecified atom stereocenters. The largest absolute Gasteiger partial charge is 0.395 e. The van der Waals surface area contributed by atoms with Crippen LogP contribution in [0.5, 0.6) is 0 Å². The molecule has 1 N–H and O–H groups in total. The van der Waals surface area contributed by atoms with Crippen LogP contribution in [0.3, 0.4) is 0 Å². The van der Waals surface area contributed by atoms with Gasteiger partial charge in [0.15, 0.2) is 5.82 Å². The highest BCUT2D eigenvalue weighted by atomic mass is 16.5. The summed E-state index contributed by atoms with van der Waals surface area (Å²) in [6.45, 7) is 1.76. The Labute approximate surface area is 98.7 Å². The van der Waals surface area contributed by atoms with E-state index in [1.165, 1.54) is 0 Å². The van der Waals surface area contributed by atoms with Crippen molar-refractivity contribution in [3.63, 3.8) is 0 Å². The zero-order valence-corrected chi connectivity index (χ0v) is 9.65. The molecule has 0 aliphatic carbocycles. The van der Waals surface area contributed by atoms with Crippen LogP contribution in [0.4, 0.5) is 5.82 Å². The van der Waals surface area contributed by atoms with Crippen LogP contribution >= 0.6 is 0 Å². The van der Waals surface area contributed by atoms with E-state index in [-0.39, 0.29) is 6.61 Å². The lowest BCUT2D eigenvalue weighted by Crippen LogP contribution is -2.31. The summed E-state index contributed by atoms with van der Waals surface area (Å²) in [5.41, 5.74) is 0.678. The predicted octanol–water partition coefficient (Wildman–Crippen LogP) is -0.431. The predicted molar refractivity (Wildman–Crippen MR) is 62.0 cm³/mol. The SMILES string of the molecule is COCCN(CCO)c1nccn2cnnc12. The number of nitrogens with zero attached hydrogens (tertiary/aromatic N) is 5. The number of ether oxygens (including phenoxy) is 1. The van der Waals surface area contributed by atoms with Gasteiger partial charge in [-0.15, -0.1) is 10.2 Å². The van der Waals surface area contributed by atoms with Crippen molar-refractivity contribution in [1.29, 1.82) is 0 Å². The normalized spacial score (nSPS) is 10.9. The molecule has 0 saturated heterocycles. The van der Waals surface area contributed by atoms with E-state index in [1.807, 2.05) is 4.90 Å². The number of aliphatic hydroxyl groups excluding tert-OH is 1. The van der Waals surface area contributed by atoms with Crippen molar-refractivity contribution < 1.29 is 9.84 Å². The van der Waals surface area contributed by atoms with Gasteiger partial charge in [0.25, 0.3) is 0 Å². The van der Waals surface area contributed by atoms with Crippen molar-refractivity contribution in [2.45, 2.75) is 0 Å². The smallest absolute Gasteiger partial charge is 0.203 e. The fourth-order valence-corrected chi connectivity index (χ4v) is 1.61. The molecule has 0 spiro atoms. The Hall–Kier alpha value is -1.73. The van der Waals surface area contributed by atoms with Crippen LogP contribution in [0.25, 0.3) is 5.65 Å². The molecular formula is C10H15N5O2. The Morgan fingerprint density at radius 2 is 2.35 bits per heavy atom. The van der Waals surface area contributed by atoms with E-state index < -0.39 is 0 Å². The summed E-state index contributed by atoms with van der Waals surface area (Å²) in [7, 11) is 1.64. The molecule has 0 saturated carbocycles.